The topological polar surface area (TPSA) is 76.7 Å². The highest BCUT2D eigenvalue weighted by molar-refractivity contribution is 5.72. The molecule has 0 heterocycles. The predicted octanol–water partition coefficient (Wildman–Crippen LogP) is 0.462. The molecule has 2 N–H and O–H groups in total. The van der Waals surface area contributed by atoms with Crippen molar-refractivity contribution in [2.24, 2.45) is 0 Å². The Balaban J connectivity index is 2.99. The van der Waals surface area contributed by atoms with Gasteiger partial charge in [0.2, 0.25) is 11.8 Å². The Morgan fingerprint density at radius 2 is 1.32 bits per heavy atom. The highest BCUT2D eigenvalue weighted by Gasteiger charge is 1.94. The van der Waals surface area contributed by atoms with Gasteiger partial charge in [0.15, 0.2) is 0 Å². The largest absolute Gasteiger partial charge is 0.379 e. The molecule has 6 nitrogen and oxygen atoms in total. The first-order valence-electron chi connectivity index (χ1n) is 6.77. The third-order valence-electron chi connectivity index (χ3n) is 2.33. The van der Waals surface area contributed by atoms with Crippen LogP contribution in [-0.2, 0) is 19.1 Å². The molecule has 112 valence electrons. The van der Waals surface area contributed by atoms with Crippen LogP contribution in [-0.4, -0.2) is 51.3 Å². The number of rotatable bonds is 12. The van der Waals surface area contributed by atoms with Gasteiger partial charge in [-0.15, -0.1) is 0 Å². The molecule has 19 heavy (non-hydrogen) atoms. The molecule has 0 spiro atoms. The van der Waals surface area contributed by atoms with E-state index in [1.165, 1.54) is 13.8 Å². The van der Waals surface area contributed by atoms with Crippen molar-refractivity contribution in [1.82, 2.24) is 10.6 Å². The van der Waals surface area contributed by atoms with Gasteiger partial charge in [0.1, 0.15) is 0 Å². The Morgan fingerprint density at radius 1 is 0.737 bits per heavy atom. The highest BCUT2D eigenvalue weighted by Crippen LogP contribution is 1.94. The lowest BCUT2D eigenvalue weighted by molar-refractivity contribution is -0.119. The second kappa shape index (κ2) is 13.3. The smallest absolute Gasteiger partial charge is 0.216 e. The molecule has 6 heteroatoms. The van der Waals surface area contributed by atoms with E-state index >= 15 is 0 Å². The molecular formula is C13H26N2O4. The number of unbranched alkanes of at least 4 members (excludes halogenated alkanes) is 2. The van der Waals surface area contributed by atoms with E-state index in [2.05, 4.69) is 10.6 Å². The Kier molecular flexibility index (Phi) is 12.5. The van der Waals surface area contributed by atoms with Crippen molar-refractivity contribution in [3.63, 3.8) is 0 Å². The maximum absolute atomic E-state index is 10.6. The van der Waals surface area contributed by atoms with Crippen LogP contribution in [0, 0.1) is 0 Å². The Hall–Kier alpha value is -1.14. The molecule has 0 aliphatic rings. The Labute approximate surface area is 115 Å². The van der Waals surface area contributed by atoms with Crippen LogP contribution in [0.2, 0.25) is 0 Å². The van der Waals surface area contributed by atoms with Crippen LogP contribution in [0.15, 0.2) is 0 Å². The SMILES string of the molecule is CC(=O)NCCCCCOCCOCCNC(C)=O. The summed E-state index contributed by atoms with van der Waals surface area (Å²) in [6.07, 6.45) is 3.02. The molecule has 0 bridgehead atoms. The third-order valence-corrected chi connectivity index (χ3v) is 2.33. The zero-order valence-electron chi connectivity index (χ0n) is 12.0. The molecule has 0 aliphatic carbocycles. The number of hydrogen-bond acceptors (Lipinski definition) is 4. The fourth-order valence-electron chi connectivity index (χ4n) is 1.39. The van der Waals surface area contributed by atoms with Crippen molar-refractivity contribution >= 4 is 11.8 Å². The number of ether oxygens (including phenoxy) is 2. The first kappa shape index (κ1) is 17.9. The maximum atomic E-state index is 10.6. The van der Waals surface area contributed by atoms with Crippen molar-refractivity contribution in [3.8, 4) is 0 Å². The summed E-state index contributed by atoms with van der Waals surface area (Å²) in [6, 6.07) is 0. The molecule has 0 aliphatic heterocycles. The van der Waals surface area contributed by atoms with Crippen LogP contribution in [0.25, 0.3) is 0 Å². The van der Waals surface area contributed by atoms with Crippen LogP contribution in [0.1, 0.15) is 33.1 Å². The minimum atomic E-state index is -0.0425. The van der Waals surface area contributed by atoms with E-state index in [0.29, 0.717) is 26.4 Å². The molecular weight excluding hydrogens is 248 g/mol. The normalized spacial score (nSPS) is 10.2. The molecule has 0 aromatic carbocycles. The minimum Gasteiger partial charge on any atom is -0.379 e. The van der Waals surface area contributed by atoms with Crippen molar-refractivity contribution in [2.45, 2.75) is 33.1 Å². The maximum Gasteiger partial charge on any atom is 0.216 e. The number of amides is 2. The lowest BCUT2D eigenvalue weighted by Gasteiger charge is -2.06. The molecule has 0 radical (unpaired) electrons. The van der Waals surface area contributed by atoms with E-state index in [-0.39, 0.29) is 11.8 Å². The predicted molar refractivity (Wildman–Crippen MR) is 72.9 cm³/mol. The van der Waals surface area contributed by atoms with Gasteiger partial charge in [-0.3, -0.25) is 9.59 Å². The van der Waals surface area contributed by atoms with Gasteiger partial charge >= 0.3 is 0 Å². The second-order valence-corrected chi connectivity index (χ2v) is 4.25. The molecule has 0 saturated carbocycles. The number of carbonyl (C=O) groups is 2. The van der Waals surface area contributed by atoms with Crippen LogP contribution in [0.3, 0.4) is 0 Å². The lowest BCUT2D eigenvalue weighted by atomic mass is 10.2. The van der Waals surface area contributed by atoms with E-state index in [1.54, 1.807) is 0 Å². The summed E-state index contributed by atoms with van der Waals surface area (Å²) < 4.78 is 10.7. The van der Waals surface area contributed by atoms with E-state index in [1.807, 2.05) is 0 Å². The molecule has 2 amide bonds. The summed E-state index contributed by atoms with van der Waals surface area (Å²) in [5.41, 5.74) is 0. The van der Waals surface area contributed by atoms with Gasteiger partial charge < -0.3 is 20.1 Å². The summed E-state index contributed by atoms with van der Waals surface area (Å²) in [5.74, 6) is -0.0215. The molecule has 0 saturated heterocycles. The molecule has 0 atom stereocenters. The van der Waals surface area contributed by atoms with Crippen molar-refractivity contribution in [1.29, 1.82) is 0 Å². The fourth-order valence-corrected chi connectivity index (χ4v) is 1.39. The van der Waals surface area contributed by atoms with Crippen LogP contribution < -0.4 is 10.6 Å². The standard InChI is InChI=1S/C13H26N2O4/c1-12(16)14-6-4-3-5-8-18-10-11-19-9-7-15-13(2)17/h3-11H2,1-2H3,(H,14,16)(H,15,17). The van der Waals surface area contributed by atoms with Gasteiger partial charge in [0.05, 0.1) is 19.8 Å². The van der Waals surface area contributed by atoms with Gasteiger partial charge in [-0.05, 0) is 19.3 Å². The first-order chi connectivity index (χ1) is 9.13. The van der Waals surface area contributed by atoms with Crippen LogP contribution in [0.5, 0.6) is 0 Å². The average molecular weight is 274 g/mol. The monoisotopic (exact) mass is 274 g/mol. The lowest BCUT2D eigenvalue weighted by Crippen LogP contribution is -2.24. The summed E-state index contributed by atoms with van der Waals surface area (Å²) in [4.78, 5) is 21.1. The first-order valence-corrected chi connectivity index (χ1v) is 6.77. The molecule has 0 fully saturated rings. The molecule has 0 aromatic rings. The Bertz CT molecular complexity index is 223. The van der Waals surface area contributed by atoms with Crippen molar-refractivity contribution in [2.75, 3.05) is 39.5 Å². The third kappa shape index (κ3) is 16.9. The van der Waals surface area contributed by atoms with Crippen LogP contribution in [0.4, 0.5) is 0 Å². The van der Waals surface area contributed by atoms with Crippen molar-refractivity contribution < 1.29 is 19.1 Å². The second-order valence-electron chi connectivity index (χ2n) is 4.25. The van der Waals surface area contributed by atoms with E-state index in [9.17, 15) is 9.59 Å². The average Bonchev–Trinajstić information content (AvgIpc) is 2.34. The number of nitrogens with one attached hydrogen (secondary N) is 2. The van der Waals surface area contributed by atoms with E-state index in [0.717, 1.165) is 32.4 Å². The quantitative estimate of drug-likeness (QED) is 0.507. The van der Waals surface area contributed by atoms with Gasteiger partial charge in [-0.2, -0.15) is 0 Å². The number of hydrogen-bond donors (Lipinski definition) is 2. The van der Waals surface area contributed by atoms with E-state index in [4.69, 9.17) is 9.47 Å². The van der Waals surface area contributed by atoms with Gasteiger partial charge in [0.25, 0.3) is 0 Å². The minimum absolute atomic E-state index is 0.0210. The number of carbonyl (C=O) groups excluding carboxylic acids is 2. The van der Waals surface area contributed by atoms with Gasteiger partial charge in [-0.25, -0.2) is 0 Å². The van der Waals surface area contributed by atoms with Crippen LogP contribution >= 0.6 is 0 Å². The van der Waals surface area contributed by atoms with Gasteiger partial charge in [0, 0.05) is 33.5 Å². The zero-order chi connectivity index (χ0) is 14.3. The summed E-state index contributed by atoms with van der Waals surface area (Å²) in [7, 11) is 0. The molecule has 0 rings (SSSR count). The molecule has 0 aromatic heterocycles. The molecule has 0 unspecified atom stereocenters. The summed E-state index contributed by atoms with van der Waals surface area (Å²) in [6.45, 7) is 6.64. The highest BCUT2D eigenvalue weighted by atomic mass is 16.5. The van der Waals surface area contributed by atoms with Gasteiger partial charge in [-0.1, -0.05) is 0 Å². The van der Waals surface area contributed by atoms with Crippen molar-refractivity contribution in [3.05, 3.63) is 0 Å². The fraction of sp³-hybridized carbons (Fsp3) is 0.846. The summed E-state index contributed by atoms with van der Waals surface area (Å²) >= 11 is 0. The zero-order valence-corrected chi connectivity index (χ0v) is 12.0. The Morgan fingerprint density at radius 3 is 1.95 bits per heavy atom. The van der Waals surface area contributed by atoms with E-state index < -0.39 is 0 Å². The summed E-state index contributed by atoms with van der Waals surface area (Å²) in [5, 5.41) is 5.40.